The van der Waals surface area contributed by atoms with Gasteiger partial charge in [0.15, 0.2) is 5.58 Å². The Kier molecular flexibility index (Phi) is 3.31. The fourth-order valence-electron chi connectivity index (χ4n) is 2.46. The number of nitrogens with zero attached hydrogens (tertiary/aromatic N) is 2. The van der Waals surface area contributed by atoms with Crippen LogP contribution >= 0.6 is 0 Å². The molecule has 0 atom stereocenters. The molecule has 1 aliphatic heterocycles. The minimum atomic E-state index is -0.967. The van der Waals surface area contributed by atoms with Crippen LogP contribution < -0.4 is 4.90 Å². The van der Waals surface area contributed by atoms with Crippen molar-refractivity contribution in [3.05, 3.63) is 23.8 Å². The van der Waals surface area contributed by atoms with Crippen molar-refractivity contribution >= 4 is 23.1 Å². The standard InChI is InChI=1S/C14H16N2O4/c1-19-10-4-6-16(7-5-10)14-15-11-3-2-9(13(17)18)8-12(11)20-14/h2-3,8,10H,4-7H2,1H3,(H,17,18). The van der Waals surface area contributed by atoms with Gasteiger partial charge in [0.05, 0.1) is 11.7 Å². The topological polar surface area (TPSA) is 75.8 Å². The number of rotatable bonds is 3. The molecule has 1 N–H and O–H groups in total. The number of aromatic nitrogens is 1. The number of methoxy groups -OCH3 is 1. The van der Waals surface area contributed by atoms with Gasteiger partial charge in [0, 0.05) is 20.2 Å². The number of carboxylic acid groups (broad SMARTS) is 1. The van der Waals surface area contributed by atoms with Gasteiger partial charge in [-0.3, -0.25) is 0 Å². The molecule has 1 fully saturated rings. The number of carboxylic acids is 1. The second-order valence-electron chi connectivity index (χ2n) is 4.91. The molecule has 0 unspecified atom stereocenters. The van der Waals surface area contributed by atoms with Crippen molar-refractivity contribution in [2.45, 2.75) is 18.9 Å². The van der Waals surface area contributed by atoms with Crippen LogP contribution in [0.3, 0.4) is 0 Å². The lowest BCUT2D eigenvalue weighted by Crippen LogP contribution is -2.36. The predicted molar refractivity (Wildman–Crippen MR) is 73.2 cm³/mol. The summed E-state index contributed by atoms with van der Waals surface area (Å²) in [5.41, 5.74) is 1.39. The van der Waals surface area contributed by atoms with Crippen molar-refractivity contribution < 1.29 is 19.1 Å². The molecule has 1 aliphatic rings. The third-order valence-corrected chi connectivity index (χ3v) is 3.67. The van der Waals surface area contributed by atoms with Crippen molar-refractivity contribution in [2.24, 2.45) is 0 Å². The maximum Gasteiger partial charge on any atom is 0.335 e. The second kappa shape index (κ2) is 5.13. The first kappa shape index (κ1) is 12.9. The summed E-state index contributed by atoms with van der Waals surface area (Å²) >= 11 is 0. The highest BCUT2D eigenvalue weighted by molar-refractivity contribution is 5.92. The first-order valence-corrected chi connectivity index (χ1v) is 6.59. The van der Waals surface area contributed by atoms with Crippen LogP contribution in [0, 0.1) is 0 Å². The van der Waals surface area contributed by atoms with Gasteiger partial charge >= 0.3 is 5.97 Å². The van der Waals surface area contributed by atoms with E-state index in [4.69, 9.17) is 14.3 Å². The molecule has 3 rings (SSSR count). The summed E-state index contributed by atoms with van der Waals surface area (Å²) in [4.78, 5) is 17.4. The summed E-state index contributed by atoms with van der Waals surface area (Å²) in [5, 5.41) is 8.97. The first-order chi connectivity index (χ1) is 9.67. The average molecular weight is 276 g/mol. The molecule has 0 spiro atoms. The number of carbonyl (C=O) groups is 1. The quantitative estimate of drug-likeness (QED) is 0.925. The molecular weight excluding hydrogens is 260 g/mol. The van der Waals surface area contributed by atoms with E-state index in [2.05, 4.69) is 9.88 Å². The van der Waals surface area contributed by atoms with Crippen LogP contribution in [0.15, 0.2) is 22.6 Å². The third-order valence-electron chi connectivity index (χ3n) is 3.67. The highest BCUT2D eigenvalue weighted by Crippen LogP contribution is 2.25. The lowest BCUT2D eigenvalue weighted by atomic mass is 10.1. The lowest BCUT2D eigenvalue weighted by Gasteiger charge is -2.29. The number of anilines is 1. The number of piperidine rings is 1. The highest BCUT2D eigenvalue weighted by Gasteiger charge is 2.22. The molecule has 0 aliphatic carbocycles. The molecule has 0 radical (unpaired) electrons. The van der Waals surface area contributed by atoms with E-state index in [0.29, 0.717) is 23.2 Å². The van der Waals surface area contributed by atoms with Crippen LogP contribution in [-0.4, -0.2) is 42.4 Å². The molecule has 1 aromatic carbocycles. The van der Waals surface area contributed by atoms with E-state index >= 15 is 0 Å². The average Bonchev–Trinajstić information content (AvgIpc) is 2.90. The molecule has 0 bridgehead atoms. The summed E-state index contributed by atoms with van der Waals surface area (Å²) in [5.74, 6) is -0.967. The number of aromatic carboxylic acids is 1. The normalized spacial score (nSPS) is 16.8. The van der Waals surface area contributed by atoms with E-state index in [9.17, 15) is 4.79 Å². The van der Waals surface area contributed by atoms with Gasteiger partial charge in [-0.25, -0.2) is 4.79 Å². The van der Waals surface area contributed by atoms with E-state index < -0.39 is 5.97 Å². The number of benzene rings is 1. The van der Waals surface area contributed by atoms with Gasteiger partial charge in [-0.05, 0) is 31.0 Å². The minimum Gasteiger partial charge on any atom is -0.478 e. The van der Waals surface area contributed by atoms with Crippen LogP contribution in [0.25, 0.3) is 11.1 Å². The van der Waals surface area contributed by atoms with Crippen molar-refractivity contribution in [2.75, 3.05) is 25.1 Å². The summed E-state index contributed by atoms with van der Waals surface area (Å²) < 4.78 is 11.0. The Morgan fingerprint density at radius 1 is 1.45 bits per heavy atom. The van der Waals surface area contributed by atoms with Gasteiger partial charge in [0.25, 0.3) is 6.01 Å². The zero-order valence-electron chi connectivity index (χ0n) is 11.2. The summed E-state index contributed by atoms with van der Waals surface area (Å²) in [6.45, 7) is 1.66. The van der Waals surface area contributed by atoms with Gasteiger partial charge in [-0.1, -0.05) is 0 Å². The lowest BCUT2D eigenvalue weighted by molar-refractivity contribution is 0.0696. The van der Waals surface area contributed by atoms with Crippen molar-refractivity contribution in [3.63, 3.8) is 0 Å². The first-order valence-electron chi connectivity index (χ1n) is 6.59. The van der Waals surface area contributed by atoms with Gasteiger partial charge in [-0.15, -0.1) is 0 Å². The molecule has 0 amide bonds. The number of fused-ring (bicyclic) bond motifs is 1. The second-order valence-corrected chi connectivity index (χ2v) is 4.91. The molecule has 0 saturated carbocycles. The molecule has 106 valence electrons. The molecule has 1 saturated heterocycles. The van der Waals surface area contributed by atoms with Gasteiger partial charge in [0.1, 0.15) is 5.52 Å². The van der Waals surface area contributed by atoms with Crippen molar-refractivity contribution in [3.8, 4) is 0 Å². The maximum atomic E-state index is 10.9. The number of ether oxygens (including phenoxy) is 1. The van der Waals surface area contributed by atoms with E-state index in [1.807, 2.05) is 0 Å². The molecule has 2 aromatic rings. The molecule has 2 heterocycles. The highest BCUT2D eigenvalue weighted by atomic mass is 16.5. The van der Waals surface area contributed by atoms with Crippen LogP contribution in [0.2, 0.25) is 0 Å². The Morgan fingerprint density at radius 2 is 2.20 bits per heavy atom. The Hall–Kier alpha value is -2.08. The zero-order chi connectivity index (χ0) is 14.1. The van der Waals surface area contributed by atoms with E-state index in [1.54, 1.807) is 13.2 Å². The van der Waals surface area contributed by atoms with Crippen molar-refractivity contribution in [1.82, 2.24) is 4.98 Å². The smallest absolute Gasteiger partial charge is 0.335 e. The predicted octanol–water partition coefficient (Wildman–Crippen LogP) is 2.14. The molecular formula is C14H16N2O4. The molecule has 6 nitrogen and oxygen atoms in total. The summed E-state index contributed by atoms with van der Waals surface area (Å²) in [7, 11) is 1.73. The van der Waals surface area contributed by atoms with Gasteiger partial charge < -0.3 is 19.2 Å². The van der Waals surface area contributed by atoms with Gasteiger partial charge in [0.2, 0.25) is 0 Å². The third kappa shape index (κ3) is 2.34. The van der Waals surface area contributed by atoms with Crippen LogP contribution in [0.1, 0.15) is 23.2 Å². The zero-order valence-corrected chi connectivity index (χ0v) is 11.2. The minimum absolute atomic E-state index is 0.207. The maximum absolute atomic E-state index is 10.9. The largest absolute Gasteiger partial charge is 0.478 e. The SMILES string of the molecule is COC1CCN(c2nc3ccc(C(=O)O)cc3o2)CC1. The monoisotopic (exact) mass is 276 g/mol. The van der Waals surface area contributed by atoms with Crippen LogP contribution in [-0.2, 0) is 4.74 Å². The Labute approximate surface area is 116 Å². The molecule has 20 heavy (non-hydrogen) atoms. The van der Waals surface area contributed by atoms with Crippen LogP contribution in [0.5, 0.6) is 0 Å². The van der Waals surface area contributed by atoms with E-state index in [-0.39, 0.29) is 5.56 Å². The van der Waals surface area contributed by atoms with Gasteiger partial charge in [-0.2, -0.15) is 4.98 Å². The van der Waals surface area contributed by atoms with E-state index in [0.717, 1.165) is 25.9 Å². The number of hydrogen-bond donors (Lipinski definition) is 1. The van der Waals surface area contributed by atoms with Crippen molar-refractivity contribution in [1.29, 1.82) is 0 Å². The Morgan fingerprint density at radius 3 is 2.85 bits per heavy atom. The summed E-state index contributed by atoms with van der Waals surface area (Å²) in [6.07, 6.45) is 2.18. The van der Waals surface area contributed by atoms with Crippen LogP contribution in [0.4, 0.5) is 6.01 Å². The summed E-state index contributed by atoms with van der Waals surface area (Å²) in [6, 6.07) is 5.27. The Balaban J connectivity index is 1.84. The Bertz CT molecular complexity index is 629. The number of oxazole rings is 1. The van der Waals surface area contributed by atoms with E-state index in [1.165, 1.54) is 12.1 Å². The fraction of sp³-hybridized carbons (Fsp3) is 0.429. The fourth-order valence-corrected chi connectivity index (χ4v) is 2.46. The molecule has 6 heteroatoms. The molecule has 1 aromatic heterocycles. The number of hydrogen-bond acceptors (Lipinski definition) is 5.